The minimum atomic E-state index is -2.66. The van der Waals surface area contributed by atoms with Gasteiger partial charge in [-0.3, -0.25) is 4.79 Å². The summed E-state index contributed by atoms with van der Waals surface area (Å²) in [5.41, 5.74) is 5.96. The van der Waals surface area contributed by atoms with E-state index in [-0.39, 0.29) is 24.1 Å². The quantitative estimate of drug-likeness (QED) is 0.605. The number of hydrogen-bond acceptors (Lipinski definition) is 4. The van der Waals surface area contributed by atoms with Gasteiger partial charge in [0.25, 0.3) is 8.32 Å². The Morgan fingerprint density at radius 2 is 1.42 bits per heavy atom. The number of carbonyl (C=O) groups is 1. The van der Waals surface area contributed by atoms with Gasteiger partial charge in [0.2, 0.25) is 0 Å². The number of rotatable bonds is 6. The van der Waals surface area contributed by atoms with Gasteiger partial charge in [-0.2, -0.15) is 0 Å². The van der Waals surface area contributed by atoms with Crippen LogP contribution in [0.1, 0.15) is 20.8 Å². The van der Waals surface area contributed by atoms with Crippen LogP contribution in [0.25, 0.3) is 0 Å². The number of nitrogens with two attached hydrogens (primary N) is 1. The highest BCUT2D eigenvalue weighted by atomic mass is 35.5. The van der Waals surface area contributed by atoms with Crippen LogP contribution in [0, 0.1) is 0 Å². The molecule has 0 fully saturated rings. The second-order valence-corrected chi connectivity index (χ2v) is 11.4. The number of ether oxygens (including phenoxy) is 1. The molecule has 0 aliphatic carbocycles. The molecule has 142 valence electrons. The molecule has 0 bridgehead atoms. The van der Waals surface area contributed by atoms with Crippen LogP contribution in [0.15, 0.2) is 60.7 Å². The molecule has 0 spiro atoms. The average Bonchev–Trinajstić information content (AvgIpc) is 2.62. The lowest BCUT2D eigenvalue weighted by atomic mass is 10.2. The van der Waals surface area contributed by atoms with Crippen molar-refractivity contribution in [3.8, 4) is 0 Å². The molecule has 0 aliphatic heterocycles. The summed E-state index contributed by atoms with van der Waals surface area (Å²) >= 11 is 0. The molecule has 0 amide bonds. The topological polar surface area (TPSA) is 61.5 Å². The molecular weight excluding hydrogens is 366 g/mol. The molecule has 0 saturated carbocycles. The summed E-state index contributed by atoms with van der Waals surface area (Å²) in [7, 11) is -1.32. The molecule has 1 atom stereocenters. The largest absolute Gasteiger partial charge is 0.468 e. The molecule has 0 saturated heterocycles. The number of halogens is 1. The highest BCUT2D eigenvalue weighted by molar-refractivity contribution is 6.99. The van der Waals surface area contributed by atoms with E-state index in [2.05, 4.69) is 45.0 Å². The molecule has 2 rings (SSSR count). The van der Waals surface area contributed by atoms with Crippen LogP contribution in [-0.2, 0) is 14.0 Å². The highest BCUT2D eigenvalue weighted by Gasteiger charge is 2.50. The van der Waals surface area contributed by atoms with Gasteiger partial charge in [0, 0.05) is 0 Å². The number of esters is 1. The Morgan fingerprint density at radius 1 is 1.00 bits per heavy atom. The third kappa shape index (κ3) is 4.54. The summed E-state index contributed by atoms with van der Waals surface area (Å²) in [6, 6.07) is 19.7. The molecule has 2 aromatic carbocycles. The van der Waals surface area contributed by atoms with Crippen molar-refractivity contribution in [1.82, 2.24) is 0 Å². The Hall–Kier alpha value is -1.66. The van der Waals surface area contributed by atoms with E-state index in [9.17, 15) is 4.79 Å². The first-order valence-electron chi connectivity index (χ1n) is 8.41. The second kappa shape index (κ2) is 9.32. The van der Waals surface area contributed by atoms with E-state index >= 15 is 0 Å². The second-order valence-electron chi connectivity index (χ2n) is 7.10. The van der Waals surface area contributed by atoms with Crippen LogP contribution < -0.4 is 16.1 Å². The summed E-state index contributed by atoms with van der Waals surface area (Å²) in [6.07, 6.45) is 0. The SMILES string of the molecule is COC(=O)C(N)CO[Si](c1ccccc1)(c1ccccc1)C(C)(C)C.Cl. The molecule has 1 unspecified atom stereocenters. The van der Waals surface area contributed by atoms with Crippen LogP contribution in [-0.4, -0.2) is 34.0 Å². The fourth-order valence-corrected chi connectivity index (χ4v) is 7.78. The van der Waals surface area contributed by atoms with Crippen molar-refractivity contribution < 1.29 is 14.0 Å². The first kappa shape index (κ1) is 22.4. The minimum Gasteiger partial charge on any atom is -0.468 e. The molecule has 6 heteroatoms. The fraction of sp³-hybridized carbons (Fsp3) is 0.350. The zero-order valence-electron chi connectivity index (χ0n) is 15.8. The lowest BCUT2D eigenvalue weighted by Crippen LogP contribution is -2.67. The van der Waals surface area contributed by atoms with E-state index in [1.54, 1.807) is 0 Å². The maximum absolute atomic E-state index is 11.7. The summed E-state index contributed by atoms with van der Waals surface area (Å²) < 4.78 is 11.3. The number of benzene rings is 2. The van der Waals surface area contributed by atoms with Crippen molar-refractivity contribution in [3.05, 3.63) is 60.7 Å². The van der Waals surface area contributed by atoms with Crippen molar-refractivity contribution in [1.29, 1.82) is 0 Å². The zero-order valence-corrected chi connectivity index (χ0v) is 17.6. The molecule has 26 heavy (non-hydrogen) atoms. The molecule has 2 aromatic rings. The van der Waals surface area contributed by atoms with Gasteiger partial charge >= 0.3 is 5.97 Å². The molecule has 2 N–H and O–H groups in total. The van der Waals surface area contributed by atoms with Gasteiger partial charge in [-0.1, -0.05) is 81.4 Å². The van der Waals surface area contributed by atoms with Crippen LogP contribution in [0.5, 0.6) is 0 Å². The number of methoxy groups -OCH3 is 1. The Bertz CT molecular complexity index is 650. The summed E-state index contributed by atoms with van der Waals surface area (Å²) in [5.74, 6) is -0.460. The molecular formula is C20H28ClNO3Si. The molecule has 0 aromatic heterocycles. The van der Waals surface area contributed by atoms with Crippen molar-refractivity contribution in [3.63, 3.8) is 0 Å². The van der Waals surface area contributed by atoms with Gasteiger partial charge in [0.15, 0.2) is 0 Å². The van der Waals surface area contributed by atoms with Crippen molar-refractivity contribution in [2.45, 2.75) is 31.9 Å². The van der Waals surface area contributed by atoms with E-state index < -0.39 is 20.3 Å². The smallest absolute Gasteiger partial charge is 0.324 e. The summed E-state index contributed by atoms with van der Waals surface area (Å²) in [6.45, 7) is 6.68. The maximum atomic E-state index is 11.7. The van der Waals surface area contributed by atoms with E-state index in [1.165, 1.54) is 7.11 Å². The van der Waals surface area contributed by atoms with Gasteiger partial charge in [0.05, 0.1) is 13.7 Å². The molecule has 0 heterocycles. The van der Waals surface area contributed by atoms with Crippen LogP contribution in [0.2, 0.25) is 5.04 Å². The van der Waals surface area contributed by atoms with E-state index in [1.807, 2.05) is 36.4 Å². The zero-order chi connectivity index (χ0) is 18.5. The number of hydrogen-bond donors (Lipinski definition) is 1. The van der Waals surface area contributed by atoms with Gasteiger partial charge in [-0.05, 0) is 15.4 Å². The predicted molar refractivity (Wildman–Crippen MR) is 111 cm³/mol. The van der Waals surface area contributed by atoms with Crippen LogP contribution in [0.4, 0.5) is 0 Å². The Balaban J connectivity index is 0.00000338. The van der Waals surface area contributed by atoms with E-state index in [0.29, 0.717) is 0 Å². The fourth-order valence-electron chi connectivity index (χ4n) is 3.20. The average molecular weight is 394 g/mol. The Labute approximate surface area is 163 Å². The summed E-state index contributed by atoms with van der Waals surface area (Å²) in [4.78, 5) is 11.7. The molecule has 4 nitrogen and oxygen atoms in total. The van der Waals surface area contributed by atoms with Crippen LogP contribution >= 0.6 is 12.4 Å². The highest BCUT2D eigenvalue weighted by Crippen LogP contribution is 2.36. The van der Waals surface area contributed by atoms with Gasteiger partial charge < -0.3 is 14.9 Å². The lowest BCUT2D eigenvalue weighted by Gasteiger charge is -2.43. The van der Waals surface area contributed by atoms with Crippen molar-refractivity contribution in [2.75, 3.05) is 13.7 Å². The normalized spacial score (nSPS) is 12.8. The van der Waals surface area contributed by atoms with E-state index in [0.717, 1.165) is 10.4 Å². The molecule has 0 radical (unpaired) electrons. The first-order chi connectivity index (χ1) is 11.8. The molecule has 0 aliphatic rings. The third-order valence-corrected chi connectivity index (χ3v) is 9.40. The van der Waals surface area contributed by atoms with Gasteiger partial charge in [0.1, 0.15) is 6.04 Å². The predicted octanol–water partition coefficient (Wildman–Crippen LogP) is 2.49. The van der Waals surface area contributed by atoms with E-state index in [4.69, 9.17) is 14.9 Å². The lowest BCUT2D eigenvalue weighted by molar-refractivity contribution is -0.142. The minimum absolute atomic E-state index is 0. The van der Waals surface area contributed by atoms with Crippen molar-refractivity contribution >= 4 is 37.1 Å². The number of carbonyl (C=O) groups excluding carboxylic acids is 1. The van der Waals surface area contributed by atoms with Crippen LogP contribution in [0.3, 0.4) is 0 Å². The maximum Gasteiger partial charge on any atom is 0.324 e. The Morgan fingerprint density at radius 3 is 1.77 bits per heavy atom. The van der Waals surface area contributed by atoms with Crippen molar-refractivity contribution in [2.24, 2.45) is 5.73 Å². The van der Waals surface area contributed by atoms with Gasteiger partial charge in [-0.25, -0.2) is 0 Å². The monoisotopic (exact) mass is 393 g/mol. The standard InChI is InChI=1S/C20H27NO3Si.ClH/c1-20(2,3)25(16-11-7-5-8-12-16,17-13-9-6-10-14-17)24-15-18(21)19(22)23-4;/h5-14,18H,15,21H2,1-4H3;1H. The first-order valence-corrected chi connectivity index (χ1v) is 10.3. The summed E-state index contributed by atoms with van der Waals surface area (Å²) in [5, 5.41) is 2.17. The third-order valence-electron chi connectivity index (χ3n) is 4.40. The Kier molecular flexibility index (Phi) is 8.03. The van der Waals surface area contributed by atoms with Gasteiger partial charge in [-0.15, -0.1) is 12.4 Å².